The molecule has 0 amide bonds. The van der Waals surface area contributed by atoms with Gasteiger partial charge in [-0.25, -0.2) is 4.98 Å². The molecule has 0 bridgehead atoms. The first kappa shape index (κ1) is 12.5. The van der Waals surface area contributed by atoms with Gasteiger partial charge in [0.2, 0.25) is 0 Å². The third kappa shape index (κ3) is 3.24. The van der Waals surface area contributed by atoms with E-state index in [0.717, 1.165) is 24.5 Å². The van der Waals surface area contributed by atoms with Crippen LogP contribution in [-0.2, 0) is 4.74 Å². The lowest BCUT2D eigenvalue weighted by molar-refractivity contribution is 0.205. The zero-order chi connectivity index (χ0) is 12.0. The maximum absolute atomic E-state index is 5.68. The number of methoxy groups -OCH3 is 1. The molecule has 1 rings (SSSR count). The molecule has 0 aliphatic rings. The Balaban J connectivity index is 2.86. The second kappa shape index (κ2) is 6.12. The second-order valence-electron chi connectivity index (χ2n) is 3.64. The topological polar surface area (TPSA) is 51.4 Å². The number of ether oxygens (including phenoxy) is 1. The van der Waals surface area contributed by atoms with Crippen molar-refractivity contribution in [3.8, 4) is 0 Å². The number of aryl methyl sites for hydroxylation is 1. The molecule has 1 aromatic heterocycles. The van der Waals surface area contributed by atoms with Gasteiger partial charge in [-0.05, 0) is 18.6 Å². The molecule has 0 spiro atoms. The van der Waals surface area contributed by atoms with Gasteiger partial charge in [0.25, 0.3) is 0 Å². The highest BCUT2D eigenvalue weighted by Gasteiger charge is 2.09. The molecule has 0 aromatic carbocycles. The molecule has 88 valence electrons. The Morgan fingerprint density at radius 1 is 1.62 bits per heavy atom. The number of rotatable bonds is 6. The third-order valence-corrected chi connectivity index (χ3v) is 2.29. The van der Waals surface area contributed by atoms with Crippen LogP contribution in [0.3, 0.4) is 0 Å². The van der Waals surface area contributed by atoms with Crippen LogP contribution >= 0.6 is 0 Å². The van der Waals surface area contributed by atoms with E-state index in [1.807, 2.05) is 19.1 Å². The average molecular weight is 221 g/mol. The van der Waals surface area contributed by atoms with E-state index in [4.69, 9.17) is 10.5 Å². The van der Waals surface area contributed by atoms with E-state index in [1.54, 1.807) is 13.3 Å². The van der Waals surface area contributed by atoms with Crippen LogP contribution in [0.4, 0.5) is 11.5 Å². The molecule has 4 heteroatoms. The van der Waals surface area contributed by atoms with Crippen molar-refractivity contribution in [2.75, 3.05) is 37.4 Å². The number of aromatic nitrogens is 1. The quantitative estimate of drug-likeness (QED) is 0.741. The number of nitrogen functional groups attached to an aromatic ring is 1. The van der Waals surface area contributed by atoms with Crippen molar-refractivity contribution in [3.63, 3.8) is 0 Å². The summed E-state index contributed by atoms with van der Waals surface area (Å²) in [7, 11) is 1.69. The standard InChI is InChI=1S/C12H19N3O/c1-4-5-15(6-7-16-3)12-10(2)8-11(13)9-14-12/h4,8-9H,1,5-7,13H2,2-3H3. The number of nitrogens with zero attached hydrogens (tertiary/aromatic N) is 2. The molecule has 4 nitrogen and oxygen atoms in total. The lowest BCUT2D eigenvalue weighted by Crippen LogP contribution is -2.28. The predicted octanol–water partition coefficient (Wildman–Crippen LogP) is 1.61. The molecule has 0 unspecified atom stereocenters. The van der Waals surface area contributed by atoms with Gasteiger partial charge in [-0.15, -0.1) is 6.58 Å². The fourth-order valence-corrected chi connectivity index (χ4v) is 1.56. The minimum Gasteiger partial charge on any atom is -0.397 e. The smallest absolute Gasteiger partial charge is 0.131 e. The number of pyridine rings is 1. The van der Waals surface area contributed by atoms with Crippen LogP contribution in [0, 0.1) is 6.92 Å². The van der Waals surface area contributed by atoms with E-state index < -0.39 is 0 Å². The van der Waals surface area contributed by atoms with Crippen LogP contribution in [0.2, 0.25) is 0 Å². The molecular weight excluding hydrogens is 202 g/mol. The van der Waals surface area contributed by atoms with Crippen LogP contribution < -0.4 is 10.6 Å². The van der Waals surface area contributed by atoms with E-state index in [0.29, 0.717) is 12.3 Å². The van der Waals surface area contributed by atoms with E-state index in [-0.39, 0.29) is 0 Å². The summed E-state index contributed by atoms with van der Waals surface area (Å²) in [5, 5.41) is 0. The molecule has 1 heterocycles. The van der Waals surface area contributed by atoms with Crippen LogP contribution in [0.25, 0.3) is 0 Å². The molecular formula is C12H19N3O. The molecule has 1 aromatic rings. The SMILES string of the molecule is C=CCN(CCOC)c1ncc(N)cc1C. The van der Waals surface area contributed by atoms with Gasteiger partial charge < -0.3 is 15.4 Å². The average Bonchev–Trinajstić information content (AvgIpc) is 2.25. The van der Waals surface area contributed by atoms with Gasteiger partial charge >= 0.3 is 0 Å². The molecule has 0 saturated heterocycles. The Morgan fingerprint density at radius 3 is 2.94 bits per heavy atom. The zero-order valence-electron chi connectivity index (χ0n) is 9.94. The Hall–Kier alpha value is -1.55. The Labute approximate surface area is 96.7 Å². The van der Waals surface area contributed by atoms with Gasteiger partial charge in [-0.2, -0.15) is 0 Å². The number of nitrogens with two attached hydrogens (primary N) is 1. The van der Waals surface area contributed by atoms with Gasteiger partial charge in [-0.3, -0.25) is 0 Å². The molecule has 16 heavy (non-hydrogen) atoms. The Bertz CT molecular complexity index is 352. The van der Waals surface area contributed by atoms with Crippen LogP contribution in [-0.4, -0.2) is 31.8 Å². The normalized spacial score (nSPS) is 10.1. The summed E-state index contributed by atoms with van der Waals surface area (Å²) >= 11 is 0. The summed E-state index contributed by atoms with van der Waals surface area (Å²) in [6, 6.07) is 1.92. The minimum absolute atomic E-state index is 0.666. The largest absolute Gasteiger partial charge is 0.397 e. The van der Waals surface area contributed by atoms with Gasteiger partial charge in [-0.1, -0.05) is 6.08 Å². The van der Waals surface area contributed by atoms with Gasteiger partial charge in [0.15, 0.2) is 0 Å². The fraction of sp³-hybridized carbons (Fsp3) is 0.417. The van der Waals surface area contributed by atoms with Gasteiger partial charge in [0.05, 0.1) is 18.5 Å². The monoisotopic (exact) mass is 221 g/mol. The second-order valence-corrected chi connectivity index (χ2v) is 3.64. The van der Waals surface area contributed by atoms with Crippen molar-refractivity contribution in [3.05, 3.63) is 30.5 Å². The van der Waals surface area contributed by atoms with Crippen molar-refractivity contribution in [1.82, 2.24) is 4.98 Å². The predicted molar refractivity (Wildman–Crippen MR) is 67.7 cm³/mol. The van der Waals surface area contributed by atoms with E-state index >= 15 is 0 Å². The van der Waals surface area contributed by atoms with Crippen LogP contribution in [0.5, 0.6) is 0 Å². The van der Waals surface area contributed by atoms with Gasteiger partial charge in [0.1, 0.15) is 5.82 Å². The van der Waals surface area contributed by atoms with Crippen molar-refractivity contribution >= 4 is 11.5 Å². The molecule has 0 aliphatic heterocycles. The highest BCUT2D eigenvalue weighted by Crippen LogP contribution is 2.18. The minimum atomic E-state index is 0.666. The summed E-state index contributed by atoms with van der Waals surface area (Å²) in [6.45, 7) is 7.96. The summed E-state index contributed by atoms with van der Waals surface area (Å²) < 4.78 is 5.08. The molecule has 0 aliphatic carbocycles. The first-order valence-corrected chi connectivity index (χ1v) is 5.26. The van der Waals surface area contributed by atoms with Crippen molar-refractivity contribution in [2.45, 2.75) is 6.92 Å². The summed E-state index contributed by atoms with van der Waals surface area (Å²) in [4.78, 5) is 6.46. The van der Waals surface area contributed by atoms with Crippen LogP contribution in [0.1, 0.15) is 5.56 Å². The number of hydrogen-bond acceptors (Lipinski definition) is 4. The molecule has 0 saturated carbocycles. The number of anilines is 2. The molecule has 0 radical (unpaired) electrons. The van der Waals surface area contributed by atoms with E-state index in [9.17, 15) is 0 Å². The zero-order valence-corrected chi connectivity index (χ0v) is 9.94. The highest BCUT2D eigenvalue weighted by molar-refractivity contribution is 5.52. The van der Waals surface area contributed by atoms with E-state index in [2.05, 4.69) is 16.5 Å². The Kier molecular flexibility index (Phi) is 4.79. The van der Waals surface area contributed by atoms with E-state index in [1.165, 1.54) is 0 Å². The number of hydrogen-bond donors (Lipinski definition) is 1. The molecule has 0 atom stereocenters. The fourth-order valence-electron chi connectivity index (χ4n) is 1.56. The van der Waals surface area contributed by atoms with Crippen LogP contribution in [0.15, 0.2) is 24.9 Å². The highest BCUT2D eigenvalue weighted by atomic mass is 16.5. The van der Waals surface area contributed by atoms with Gasteiger partial charge in [0, 0.05) is 20.2 Å². The molecule has 0 fully saturated rings. The molecule has 2 N–H and O–H groups in total. The maximum atomic E-state index is 5.68. The first-order valence-electron chi connectivity index (χ1n) is 5.26. The lowest BCUT2D eigenvalue weighted by atomic mass is 10.2. The van der Waals surface area contributed by atoms with Crippen molar-refractivity contribution in [2.24, 2.45) is 0 Å². The maximum Gasteiger partial charge on any atom is 0.131 e. The first-order chi connectivity index (χ1) is 7.69. The summed E-state index contributed by atoms with van der Waals surface area (Å²) in [5.74, 6) is 0.936. The third-order valence-electron chi connectivity index (χ3n) is 2.29. The van der Waals surface area contributed by atoms with Crippen molar-refractivity contribution < 1.29 is 4.74 Å². The lowest BCUT2D eigenvalue weighted by Gasteiger charge is -2.23. The Morgan fingerprint density at radius 2 is 2.38 bits per heavy atom. The summed E-state index contributed by atoms with van der Waals surface area (Å²) in [5.41, 5.74) is 7.43. The van der Waals surface area contributed by atoms with Crippen molar-refractivity contribution in [1.29, 1.82) is 0 Å². The summed E-state index contributed by atoms with van der Waals surface area (Å²) in [6.07, 6.45) is 3.53.